The van der Waals surface area contributed by atoms with Crippen molar-refractivity contribution < 1.29 is 5.11 Å². The van der Waals surface area contributed by atoms with Gasteiger partial charge in [-0.05, 0) is 16.3 Å². The molecule has 0 aliphatic carbocycles. The van der Waals surface area contributed by atoms with E-state index >= 15 is 0 Å². The molecule has 1 N–H and O–H groups in total. The molecule has 0 aromatic heterocycles. The number of hydrogen-bond acceptors (Lipinski definition) is 1. The van der Waals surface area contributed by atoms with Crippen LogP contribution in [0.3, 0.4) is 0 Å². The van der Waals surface area contributed by atoms with Gasteiger partial charge < -0.3 is 5.11 Å². The van der Waals surface area contributed by atoms with Crippen molar-refractivity contribution >= 4 is 19.2 Å². The molecule has 0 saturated carbocycles. The van der Waals surface area contributed by atoms with E-state index in [0.717, 1.165) is 10.9 Å². The topological polar surface area (TPSA) is 20.2 Å². The first-order chi connectivity index (χ1) is 8.48. The largest absolute Gasteiger partial charge is 0.507 e. The maximum Gasteiger partial charge on any atom is 0.127 e. The van der Waals surface area contributed by atoms with Gasteiger partial charge in [0.05, 0.1) is 0 Å². The van der Waals surface area contributed by atoms with Crippen LogP contribution in [0.1, 0.15) is 26.3 Å². The van der Waals surface area contributed by atoms with Gasteiger partial charge in [-0.2, -0.15) is 0 Å². The van der Waals surface area contributed by atoms with Crippen LogP contribution in [0.2, 0.25) is 0 Å². The summed E-state index contributed by atoms with van der Waals surface area (Å²) in [5.74, 6) is 0.451. The first-order valence-corrected chi connectivity index (χ1v) is 7.13. The number of phenolic OH excluding ortho intramolecular Hbond substituents is 1. The number of aromatic hydroxyl groups is 1. The smallest absolute Gasteiger partial charge is 0.127 e. The number of rotatable bonds is 2. The first kappa shape index (κ1) is 13.1. The van der Waals surface area contributed by atoms with Gasteiger partial charge in [0.15, 0.2) is 0 Å². The highest BCUT2D eigenvalue weighted by Crippen LogP contribution is 2.31. The van der Waals surface area contributed by atoms with E-state index in [9.17, 15) is 5.11 Å². The van der Waals surface area contributed by atoms with Gasteiger partial charge in [0, 0.05) is 5.30 Å². The fourth-order valence-electron chi connectivity index (χ4n) is 1.93. The second-order valence-electron chi connectivity index (χ2n) is 5.44. The van der Waals surface area contributed by atoms with Crippen molar-refractivity contribution in [3.8, 4) is 5.75 Å². The van der Waals surface area contributed by atoms with Crippen LogP contribution >= 0.6 is 8.58 Å². The van der Waals surface area contributed by atoms with Gasteiger partial charge >= 0.3 is 0 Å². The van der Waals surface area contributed by atoms with Crippen molar-refractivity contribution in [2.45, 2.75) is 26.2 Å². The Morgan fingerprint density at radius 3 is 2.17 bits per heavy atom. The van der Waals surface area contributed by atoms with Crippen LogP contribution in [0.15, 0.2) is 48.5 Å². The molecule has 1 atom stereocenters. The van der Waals surface area contributed by atoms with Gasteiger partial charge in [-0.15, -0.1) is 0 Å². The third kappa shape index (κ3) is 2.91. The minimum atomic E-state index is -0.0265. The summed E-state index contributed by atoms with van der Waals surface area (Å²) >= 11 is 0. The molecule has 0 bridgehead atoms. The molecule has 0 aliphatic heterocycles. The fourth-order valence-corrected chi connectivity index (χ4v) is 3.03. The van der Waals surface area contributed by atoms with Crippen molar-refractivity contribution in [2.24, 2.45) is 0 Å². The minimum Gasteiger partial charge on any atom is -0.507 e. The lowest BCUT2D eigenvalue weighted by atomic mass is 9.86. The predicted molar refractivity (Wildman–Crippen MR) is 80.8 cm³/mol. The number of phenols is 1. The molecule has 0 radical (unpaired) electrons. The van der Waals surface area contributed by atoms with Crippen LogP contribution in [0.25, 0.3) is 0 Å². The third-order valence-electron chi connectivity index (χ3n) is 2.90. The van der Waals surface area contributed by atoms with Crippen molar-refractivity contribution in [1.29, 1.82) is 0 Å². The third-order valence-corrected chi connectivity index (χ3v) is 4.19. The summed E-state index contributed by atoms with van der Waals surface area (Å²) in [5.41, 5.74) is 0.991. The summed E-state index contributed by atoms with van der Waals surface area (Å²) in [6.45, 7) is 6.37. The van der Waals surface area contributed by atoms with Crippen LogP contribution in [0.5, 0.6) is 5.75 Å². The van der Waals surface area contributed by atoms with E-state index < -0.39 is 0 Å². The van der Waals surface area contributed by atoms with Gasteiger partial charge in [0.1, 0.15) is 5.75 Å². The number of hydrogen-bond donors (Lipinski definition) is 1. The molecule has 1 unspecified atom stereocenters. The highest BCUT2D eigenvalue weighted by atomic mass is 31.1. The monoisotopic (exact) mass is 258 g/mol. The molecule has 0 saturated heterocycles. The molecule has 0 spiro atoms. The fraction of sp³-hybridized carbons (Fsp3) is 0.250. The molecular formula is C16H19OP. The Labute approximate surface area is 111 Å². The van der Waals surface area contributed by atoms with Crippen LogP contribution < -0.4 is 10.6 Å². The van der Waals surface area contributed by atoms with E-state index in [-0.39, 0.29) is 5.41 Å². The van der Waals surface area contributed by atoms with Gasteiger partial charge in [0.25, 0.3) is 0 Å². The van der Waals surface area contributed by atoms with Crippen LogP contribution in [-0.2, 0) is 5.41 Å². The Morgan fingerprint density at radius 1 is 0.889 bits per heavy atom. The summed E-state index contributed by atoms with van der Waals surface area (Å²) in [5, 5.41) is 12.7. The van der Waals surface area contributed by atoms with Crippen molar-refractivity contribution in [3.63, 3.8) is 0 Å². The first-order valence-electron chi connectivity index (χ1n) is 6.13. The average molecular weight is 258 g/mol. The molecular weight excluding hydrogens is 239 g/mol. The van der Waals surface area contributed by atoms with E-state index in [1.807, 2.05) is 36.4 Å². The molecule has 2 aromatic rings. The normalized spacial score (nSPS) is 12.2. The van der Waals surface area contributed by atoms with Gasteiger partial charge in [-0.3, -0.25) is 0 Å². The average Bonchev–Trinajstić information content (AvgIpc) is 2.32. The van der Waals surface area contributed by atoms with Gasteiger partial charge in [0.2, 0.25) is 0 Å². The molecule has 1 nitrogen and oxygen atoms in total. The SMILES string of the molecule is CC(C)(C)c1cccc(Pc2ccccc2)c1O. The summed E-state index contributed by atoms with van der Waals surface area (Å²) in [4.78, 5) is 0. The molecule has 2 heteroatoms. The Hall–Kier alpha value is -1.33. The zero-order chi connectivity index (χ0) is 13.2. The van der Waals surface area contributed by atoms with Crippen LogP contribution in [0.4, 0.5) is 0 Å². The summed E-state index contributed by atoms with van der Waals surface area (Å²) < 4.78 is 0. The highest BCUT2D eigenvalue weighted by molar-refractivity contribution is 7.55. The van der Waals surface area contributed by atoms with Crippen LogP contribution in [-0.4, -0.2) is 5.11 Å². The zero-order valence-electron chi connectivity index (χ0n) is 11.1. The molecule has 2 aromatic carbocycles. The second kappa shape index (κ2) is 5.12. The molecule has 0 heterocycles. The van der Waals surface area contributed by atoms with Gasteiger partial charge in [-0.25, -0.2) is 0 Å². The Bertz CT molecular complexity index is 527. The Kier molecular flexibility index (Phi) is 3.73. The Morgan fingerprint density at radius 2 is 1.56 bits per heavy atom. The van der Waals surface area contributed by atoms with Crippen molar-refractivity contribution in [2.75, 3.05) is 0 Å². The van der Waals surface area contributed by atoms with E-state index in [1.54, 1.807) is 0 Å². The Balaban J connectivity index is 2.36. The molecule has 0 aliphatic rings. The van der Waals surface area contributed by atoms with E-state index in [0.29, 0.717) is 14.3 Å². The summed E-state index contributed by atoms with van der Waals surface area (Å²) in [7, 11) is 0.501. The molecule has 0 fully saturated rings. The second-order valence-corrected chi connectivity index (χ2v) is 6.81. The number of para-hydroxylation sites is 1. The van der Waals surface area contributed by atoms with Crippen molar-refractivity contribution in [1.82, 2.24) is 0 Å². The lowest BCUT2D eigenvalue weighted by Crippen LogP contribution is -2.15. The van der Waals surface area contributed by atoms with E-state index in [4.69, 9.17) is 0 Å². The predicted octanol–water partition coefficient (Wildman–Crippen LogP) is 3.32. The lowest BCUT2D eigenvalue weighted by molar-refractivity contribution is 0.451. The standard InChI is InChI=1S/C16H19OP/c1-16(2,3)13-10-7-11-14(15(13)17)18-12-8-5-4-6-9-12/h4-11,17-18H,1-3H3. The minimum absolute atomic E-state index is 0.0265. The molecule has 18 heavy (non-hydrogen) atoms. The summed E-state index contributed by atoms with van der Waals surface area (Å²) in [6.07, 6.45) is 0. The zero-order valence-corrected chi connectivity index (χ0v) is 12.1. The summed E-state index contributed by atoms with van der Waals surface area (Å²) in [6, 6.07) is 16.3. The molecule has 94 valence electrons. The lowest BCUT2D eigenvalue weighted by Gasteiger charge is -2.21. The molecule has 0 amide bonds. The quantitative estimate of drug-likeness (QED) is 0.819. The maximum atomic E-state index is 10.4. The highest BCUT2D eigenvalue weighted by Gasteiger charge is 2.19. The maximum absolute atomic E-state index is 10.4. The van der Waals surface area contributed by atoms with Crippen molar-refractivity contribution in [3.05, 3.63) is 54.1 Å². The van der Waals surface area contributed by atoms with Gasteiger partial charge in [-0.1, -0.05) is 77.9 Å². The van der Waals surface area contributed by atoms with E-state index in [1.165, 1.54) is 5.30 Å². The van der Waals surface area contributed by atoms with E-state index in [2.05, 4.69) is 32.9 Å². The number of benzene rings is 2. The molecule has 2 rings (SSSR count). The van der Waals surface area contributed by atoms with Crippen LogP contribution in [0, 0.1) is 0 Å².